The van der Waals surface area contributed by atoms with Gasteiger partial charge in [-0.25, -0.2) is 4.39 Å². The third kappa shape index (κ3) is 2.65. The molecule has 0 amide bonds. The lowest BCUT2D eigenvalue weighted by atomic mass is 10.1. The van der Waals surface area contributed by atoms with Gasteiger partial charge in [0.15, 0.2) is 0 Å². The van der Waals surface area contributed by atoms with Crippen LogP contribution in [0.25, 0.3) is 11.3 Å². The largest absolute Gasteiger partial charge is 0.490 e. The van der Waals surface area contributed by atoms with Crippen LogP contribution in [0.4, 0.5) is 4.39 Å². The lowest BCUT2D eigenvalue weighted by molar-refractivity contribution is 0.146. The van der Waals surface area contributed by atoms with Gasteiger partial charge in [-0.2, -0.15) is 0 Å². The van der Waals surface area contributed by atoms with E-state index in [9.17, 15) is 4.39 Å². The summed E-state index contributed by atoms with van der Waals surface area (Å²) in [6.07, 6.45) is 1.50. The molecule has 0 N–H and O–H groups in total. The lowest BCUT2D eigenvalue weighted by Crippen LogP contribution is -2.05. The molecule has 1 aromatic heterocycles. The van der Waals surface area contributed by atoms with E-state index in [0.29, 0.717) is 30.3 Å². The van der Waals surface area contributed by atoms with Gasteiger partial charge < -0.3 is 13.9 Å². The minimum atomic E-state index is -0.366. The predicted octanol–water partition coefficient (Wildman–Crippen LogP) is 3.11. The molecular weight excluding hydrogens is 223 g/mol. The first-order chi connectivity index (χ1) is 8.33. The van der Waals surface area contributed by atoms with Gasteiger partial charge in [-0.05, 0) is 24.3 Å². The fourth-order valence-electron chi connectivity index (χ4n) is 1.52. The smallest absolute Gasteiger partial charge is 0.140 e. The summed E-state index contributed by atoms with van der Waals surface area (Å²) < 4.78 is 29.3. The van der Waals surface area contributed by atoms with Gasteiger partial charge in [0, 0.05) is 7.11 Å². The van der Waals surface area contributed by atoms with E-state index in [0.717, 1.165) is 0 Å². The van der Waals surface area contributed by atoms with Crippen LogP contribution in [0.2, 0.25) is 0 Å². The van der Waals surface area contributed by atoms with Gasteiger partial charge in [0.2, 0.25) is 0 Å². The van der Waals surface area contributed by atoms with Crippen LogP contribution in [0.5, 0.6) is 5.75 Å². The first-order valence-corrected chi connectivity index (χ1v) is 5.27. The molecule has 0 atom stereocenters. The molecule has 0 radical (unpaired) electrons. The molecular formula is C13H13FO3. The molecule has 0 aliphatic rings. The minimum Gasteiger partial charge on any atom is -0.490 e. The molecule has 2 rings (SSSR count). The van der Waals surface area contributed by atoms with Crippen molar-refractivity contribution >= 4 is 0 Å². The fraction of sp³-hybridized carbons (Fsp3) is 0.231. The van der Waals surface area contributed by atoms with Crippen LogP contribution in [0.3, 0.4) is 0 Å². The molecule has 0 saturated carbocycles. The van der Waals surface area contributed by atoms with E-state index in [1.54, 1.807) is 31.4 Å². The molecule has 2 aromatic rings. The normalized spacial score (nSPS) is 10.5. The second-order valence-corrected chi connectivity index (χ2v) is 3.43. The summed E-state index contributed by atoms with van der Waals surface area (Å²) in [5, 5.41) is 0. The zero-order chi connectivity index (χ0) is 12.1. The van der Waals surface area contributed by atoms with E-state index in [1.807, 2.05) is 0 Å². The van der Waals surface area contributed by atoms with Crippen LogP contribution in [-0.4, -0.2) is 20.3 Å². The second-order valence-electron chi connectivity index (χ2n) is 3.43. The highest BCUT2D eigenvalue weighted by molar-refractivity contribution is 5.66. The van der Waals surface area contributed by atoms with E-state index >= 15 is 0 Å². The van der Waals surface area contributed by atoms with Gasteiger partial charge in [0.1, 0.15) is 23.9 Å². The Balaban J connectivity index is 2.29. The van der Waals surface area contributed by atoms with Crippen LogP contribution in [0, 0.1) is 5.82 Å². The first kappa shape index (κ1) is 11.7. The van der Waals surface area contributed by atoms with Gasteiger partial charge in [-0.1, -0.05) is 6.07 Å². The van der Waals surface area contributed by atoms with Gasteiger partial charge in [0.05, 0.1) is 18.4 Å². The van der Waals surface area contributed by atoms with E-state index < -0.39 is 0 Å². The topological polar surface area (TPSA) is 31.6 Å². The molecule has 17 heavy (non-hydrogen) atoms. The molecule has 1 heterocycles. The average molecular weight is 236 g/mol. The molecule has 4 heteroatoms. The van der Waals surface area contributed by atoms with E-state index in [-0.39, 0.29) is 5.82 Å². The standard InChI is InChI=1S/C13H13FO3/c1-15-8-9-17-11-5-2-4-10(14)13(11)12-6-3-7-16-12/h2-7H,8-9H2,1H3. The number of methoxy groups -OCH3 is 1. The summed E-state index contributed by atoms with van der Waals surface area (Å²) in [7, 11) is 1.59. The number of hydrogen-bond acceptors (Lipinski definition) is 3. The predicted molar refractivity (Wildman–Crippen MR) is 61.5 cm³/mol. The van der Waals surface area contributed by atoms with Gasteiger partial charge in [0.25, 0.3) is 0 Å². The molecule has 0 aliphatic heterocycles. The fourth-order valence-corrected chi connectivity index (χ4v) is 1.52. The highest BCUT2D eigenvalue weighted by atomic mass is 19.1. The van der Waals surface area contributed by atoms with Gasteiger partial charge >= 0.3 is 0 Å². The Hall–Kier alpha value is -1.81. The number of hydrogen-bond donors (Lipinski definition) is 0. The second kappa shape index (κ2) is 5.50. The van der Waals surface area contributed by atoms with Crippen molar-refractivity contribution in [1.82, 2.24) is 0 Å². The highest BCUT2D eigenvalue weighted by Gasteiger charge is 2.14. The van der Waals surface area contributed by atoms with Crippen molar-refractivity contribution in [1.29, 1.82) is 0 Å². The Morgan fingerprint density at radius 2 is 2.06 bits per heavy atom. The summed E-state index contributed by atoms with van der Waals surface area (Å²) in [6, 6.07) is 8.09. The zero-order valence-electron chi connectivity index (χ0n) is 9.48. The van der Waals surface area contributed by atoms with E-state index in [2.05, 4.69) is 0 Å². The maximum Gasteiger partial charge on any atom is 0.140 e. The third-order valence-corrected chi connectivity index (χ3v) is 2.29. The van der Waals surface area contributed by atoms with Crippen LogP contribution < -0.4 is 4.74 Å². The van der Waals surface area contributed by atoms with Gasteiger partial charge in [-0.3, -0.25) is 0 Å². The Labute approximate surface area is 98.8 Å². The average Bonchev–Trinajstić information content (AvgIpc) is 2.83. The maximum atomic E-state index is 13.8. The summed E-state index contributed by atoms with van der Waals surface area (Å²) >= 11 is 0. The van der Waals surface area contributed by atoms with Crippen LogP contribution in [0.1, 0.15) is 0 Å². The summed E-state index contributed by atoms with van der Waals surface area (Å²) in [5.41, 5.74) is 0.341. The molecule has 90 valence electrons. The number of halogens is 1. The van der Waals surface area contributed by atoms with Crippen molar-refractivity contribution < 1.29 is 18.3 Å². The summed E-state index contributed by atoms with van der Waals surface area (Å²) in [5.74, 6) is 0.544. The van der Waals surface area contributed by atoms with Crippen molar-refractivity contribution in [2.24, 2.45) is 0 Å². The van der Waals surface area contributed by atoms with E-state index in [1.165, 1.54) is 12.3 Å². The Morgan fingerprint density at radius 1 is 1.18 bits per heavy atom. The monoisotopic (exact) mass is 236 g/mol. The van der Waals surface area contributed by atoms with Crippen LogP contribution >= 0.6 is 0 Å². The molecule has 0 spiro atoms. The van der Waals surface area contributed by atoms with E-state index in [4.69, 9.17) is 13.9 Å². The minimum absolute atomic E-state index is 0.341. The Morgan fingerprint density at radius 3 is 2.76 bits per heavy atom. The van der Waals surface area contributed by atoms with Crippen molar-refractivity contribution in [2.75, 3.05) is 20.3 Å². The third-order valence-electron chi connectivity index (χ3n) is 2.29. The molecule has 0 bridgehead atoms. The van der Waals surface area contributed by atoms with Crippen molar-refractivity contribution in [3.8, 4) is 17.1 Å². The Kier molecular flexibility index (Phi) is 3.77. The number of benzene rings is 1. The summed E-state index contributed by atoms with van der Waals surface area (Å²) in [4.78, 5) is 0. The molecule has 0 saturated heterocycles. The molecule has 0 aliphatic carbocycles. The number of furan rings is 1. The number of rotatable bonds is 5. The highest BCUT2D eigenvalue weighted by Crippen LogP contribution is 2.32. The zero-order valence-corrected chi connectivity index (χ0v) is 9.48. The van der Waals surface area contributed by atoms with Crippen molar-refractivity contribution in [2.45, 2.75) is 0 Å². The van der Waals surface area contributed by atoms with Crippen molar-refractivity contribution in [3.63, 3.8) is 0 Å². The van der Waals surface area contributed by atoms with Crippen molar-refractivity contribution in [3.05, 3.63) is 42.4 Å². The van der Waals surface area contributed by atoms with Gasteiger partial charge in [-0.15, -0.1) is 0 Å². The maximum absolute atomic E-state index is 13.8. The Bertz CT molecular complexity index is 466. The van der Waals surface area contributed by atoms with Crippen LogP contribution in [0.15, 0.2) is 41.0 Å². The quantitative estimate of drug-likeness (QED) is 0.747. The molecule has 1 aromatic carbocycles. The number of ether oxygens (including phenoxy) is 2. The molecule has 0 fully saturated rings. The SMILES string of the molecule is COCCOc1cccc(F)c1-c1ccco1. The molecule has 3 nitrogen and oxygen atoms in total. The first-order valence-electron chi connectivity index (χ1n) is 5.27. The molecule has 0 unspecified atom stereocenters. The lowest BCUT2D eigenvalue weighted by Gasteiger charge is -2.10. The summed E-state index contributed by atoms with van der Waals surface area (Å²) in [6.45, 7) is 0.821. The van der Waals surface area contributed by atoms with Crippen LogP contribution in [-0.2, 0) is 4.74 Å².